The van der Waals surface area contributed by atoms with Gasteiger partial charge in [-0.2, -0.15) is 0 Å². The number of carbonyl (C=O) groups is 2. The van der Waals surface area contributed by atoms with E-state index in [1.54, 1.807) is 55.5 Å². The largest absolute Gasteiger partial charge is 0.354 e. The highest BCUT2D eigenvalue weighted by Gasteiger charge is 2.33. The minimum absolute atomic E-state index is 0.0214. The van der Waals surface area contributed by atoms with Crippen LogP contribution < -0.4 is 9.62 Å². The monoisotopic (exact) mass is 609 g/mol. The second kappa shape index (κ2) is 14.0. The molecule has 39 heavy (non-hydrogen) atoms. The number of benzene rings is 3. The average Bonchev–Trinajstić information content (AvgIpc) is 2.93. The quantitative estimate of drug-likeness (QED) is 0.266. The molecule has 1 atom stereocenters. The van der Waals surface area contributed by atoms with Crippen LogP contribution in [0, 0.1) is 0 Å². The van der Waals surface area contributed by atoms with Gasteiger partial charge in [0.15, 0.2) is 0 Å². The third kappa shape index (κ3) is 7.88. The Morgan fingerprint density at radius 2 is 1.56 bits per heavy atom. The first-order chi connectivity index (χ1) is 18.6. The molecule has 208 valence electrons. The van der Waals surface area contributed by atoms with Gasteiger partial charge in [0.25, 0.3) is 10.0 Å². The van der Waals surface area contributed by atoms with E-state index < -0.39 is 28.5 Å². The molecule has 0 saturated heterocycles. The Morgan fingerprint density at radius 1 is 0.897 bits per heavy atom. The van der Waals surface area contributed by atoms with E-state index in [2.05, 4.69) is 5.32 Å². The number of nitrogens with zero attached hydrogens (tertiary/aromatic N) is 2. The van der Waals surface area contributed by atoms with Crippen molar-refractivity contribution in [3.8, 4) is 0 Å². The van der Waals surface area contributed by atoms with Crippen molar-refractivity contribution in [1.29, 1.82) is 0 Å². The zero-order valence-corrected chi connectivity index (χ0v) is 24.7. The predicted molar refractivity (Wildman–Crippen MR) is 157 cm³/mol. The minimum atomic E-state index is -4.14. The number of hydrogen-bond acceptors (Lipinski definition) is 4. The molecule has 1 N–H and O–H groups in total. The molecule has 3 aromatic rings. The number of hydrogen-bond donors (Lipinski definition) is 1. The van der Waals surface area contributed by atoms with Crippen LogP contribution in [0.15, 0.2) is 77.7 Å². The lowest BCUT2D eigenvalue weighted by Crippen LogP contribution is -2.52. The fourth-order valence-electron chi connectivity index (χ4n) is 3.98. The van der Waals surface area contributed by atoms with Crippen LogP contribution in [0.2, 0.25) is 15.1 Å². The topological polar surface area (TPSA) is 86.8 Å². The Balaban J connectivity index is 2.04. The summed E-state index contributed by atoms with van der Waals surface area (Å²) in [5.74, 6) is -0.884. The van der Waals surface area contributed by atoms with E-state index in [9.17, 15) is 18.0 Å². The van der Waals surface area contributed by atoms with Gasteiger partial charge in [-0.1, -0.05) is 72.9 Å². The molecule has 0 heterocycles. The van der Waals surface area contributed by atoms with E-state index >= 15 is 0 Å². The maximum absolute atomic E-state index is 14.0. The number of halogens is 3. The zero-order chi connectivity index (χ0) is 28.6. The average molecular weight is 611 g/mol. The number of nitrogens with one attached hydrogen (secondary N) is 1. The summed E-state index contributed by atoms with van der Waals surface area (Å²) in [6, 6.07) is 18.1. The summed E-state index contributed by atoms with van der Waals surface area (Å²) >= 11 is 18.3. The molecule has 0 radical (unpaired) electrons. The summed E-state index contributed by atoms with van der Waals surface area (Å²) in [6.07, 6.45) is 1.04. The lowest BCUT2D eigenvalue weighted by atomic mass is 10.1. The van der Waals surface area contributed by atoms with Crippen LogP contribution in [0.25, 0.3) is 0 Å². The summed E-state index contributed by atoms with van der Waals surface area (Å²) in [5, 5.41) is 3.92. The summed E-state index contributed by atoms with van der Waals surface area (Å²) in [5.41, 5.74) is 0.901. The summed E-state index contributed by atoms with van der Waals surface area (Å²) < 4.78 is 28.5. The van der Waals surface area contributed by atoms with Gasteiger partial charge >= 0.3 is 0 Å². The highest BCUT2D eigenvalue weighted by atomic mass is 35.5. The molecule has 0 spiro atoms. The zero-order valence-electron chi connectivity index (χ0n) is 21.6. The van der Waals surface area contributed by atoms with Crippen molar-refractivity contribution < 1.29 is 18.0 Å². The summed E-state index contributed by atoms with van der Waals surface area (Å²) in [4.78, 5) is 28.5. The number of carbonyl (C=O) groups excluding carboxylic acids is 2. The van der Waals surface area contributed by atoms with Crippen molar-refractivity contribution in [2.24, 2.45) is 0 Å². The SMILES string of the molecule is CCCNC(=O)[C@@H](CC)N(Cc1ccc(Cl)c(Cl)c1)C(=O)CN(c1ccc(Cl)cc1)S(=O)(=O)c1ccccc1. The lowest BCUT2D eigenvalue weighted by molar-refractivity contribution is -0.140. The van der Waals surface area contributed by atoms with Crippen LogP contribution >= 0.6 is 34.8 Å². The normalized spacial score (nSPS) is 12.0. The molecule has 0 bridgehead atoms. The van der Waals surface area contributed by atoms with Gasteiger partial charge in [0.05, 0.1) is 20.6 Å². The molecule has 0 aromatic heterocycles. The number of rotatable bonds is 12. The molecule has 0 unspecified atom stereocenters. The standard InChI is InChI=1S/C28H30Cl3N3O4S/c1-3-16-32-28(36)26(4-2)33(18-20-10-15-24(30)25(31)17-20)27(35)19-34(22-13-11-21(29)12-14-22)39(37,38)23-8-6-5-7-9-23/h5-15,17,26H,3-4,16,18-19H2,1-2H3,(H,32,36)/t26-/m1/s1. The third-order valence-corrected chi connectivity index (χ3v) is 8.78. The highest BCUT2D eigenvalue weighted by molar-refractivity contribution is 7.92. The Bertz CT molecular complexity index is 1390. The van der Waals surface area contributed by atoms with Crippen LogP contribution in [0.3, 0.4) is 0 Å². The van der Waals surface area contributed by atoms with E-state index in [0.717, 1.165) is 10.7 Å². The Labute approximate surface area is 244 Å². The van der Waals surface area contributed by atoms with Crippen molar-refractivity contribution in [3.05, 3.63) is 93.4 Å². The summed E-state index contributed by atoms with van der Waals surface area (Å²) in [6.45, 7) is 3.65. The Hall–Kier alpha value is -2.78. The van der Waals surface area contributed by atoms with Crippen molar-refractivity contribution in [2.75, 3.05) is 17.4 Å². The van der Waals surface area contributed by atoms with Gasteiger partial charge in [0, 0.05) is 18.1 Å². The molecule has 0 fully saturated rings. The van der Waals surface area contributed by atoms with E-state index in [-0.39, 0.29) is 23.0 Å². The maximum Gasteiger partial charge on any atom is 0.264 e. The first-order valence-electron chi connectivity index (χ1n) is 12.4. The van der Waals surface area contributed by atoms with Gasteiger partial charge in [-0.3, -0.25) is 13.9 Å². The second-order valence-electron chi connectivity index (χ2n) is 8.79. The molecular weight excluding hydrogens is 581 g/mol. The molecule has 11 heteroatoms. The van der Waals surface area contributed by atoms with Crippen LogP contribution in [-0.2, 0) is 26.2 Å². The van der Waals surface area contributed by atoms with Gasteiger partial charge in [0.2, 0.25) is 11.8 Å². The van der Waals surface area contributed by atoms with Crippen molar-refractivity contribution in [2.45, 2.75) is 44.2 Å². The van der Waals surface area contributed by atoms with Gasteiger partial charge in [-0.05, 0) is 66.9 Å². The third-order valence-electron chi connectivity index (χ3n) is 6.00. The predicted octanol–water partition coefficient (Wildman–Crippen LogP) is 6.18. The van der Waals surface area contributed by atoms with Crippen molar-refractivity contribution >= 4 is 62.3 Å². The molecule has 2 amide bonds. The first kappa shape index (κ1) is 30.8. The first-order valence-corrected chi connectivity index (χ1v) is 15.0. The maximum atomic E-state index is 14.0. The van der Waals surface area contributed by atoms with Gasteiger partial charge < -0.3 is 10.2 Å². The fourth-order valence-corrected chi connectivity index (χ4v) is 5.86. The van der Waals surface area contributed by atoms with Crippen molar-refractivity contribution in [1.82, 2.24) is 10.2 Å². The molecule has 0 aliphatic rings. The minimum Gasteiger partial charge on any atom is -0.354 e. The van der Waals surface area contributed by atoms with E-state index in [0.29, 0.717) is 33.6 Å². The van der Waals surface area contributed by atoms with Crippen LogP contribution in [-0.4, -0.2) is 44.3 Å². The van der Waals surface area contributed by atoms with Crippen LogP contribution in [0.1, 0.15) is 32.3 Å². The van der Waals surface area contributed by atoms with Crippen LogP contribution in [0.4, 0.5) is 5.69 Å². The van der Waals surface area contributed by atoms with Crippen molar-refractivity contribution in [3.63, 3.8) is 0 Å². The molecule has 7 nitrogen and oxygen atoms in total. The second-order valence-corrected chi connectivity index (χ2v) is 11.9. The number of sulfonamides is 1. The fraction of sp³-hybridized carbons (Fsp3) is 0.286. The van der Waals surface area contributed by atoms with E-state index in [1.165, 1.54) is 29.2 Å². The van der Waals surface area contributed by atoms with Crippen LogP contribution in [0.5, 0.6) is 0 Å². The molecule has 0 aliphatic heterocycles. The Morgan fingerprint density at radius 3 is 2.15 bits per heavy atom. The lowest BCUT2D eigenvalue weighted by Gasteiger charge is -2.33. The molecule has 0 saturated carbocycles. The molecule has 0 aliphatic carbocycles. The van der Waals surface area contributed by atoms with E-state index in [4.69, 9.17) is 34.8 Å². The van der Waals surface area contributed by atoms with Gasteiger partial charge in [0.1, 0.15) is 12.6 Å². The van der Waals surface area contributed by atoms with Gasteiger partial charge in [-0.15, -0.1) is 0 Å². The van der Waals surface area contributed by atoms with E-state index in [1.807, 2.05) is 6.92 Å². The molecule has 3 aromatic carbocycles. The molecular formula is C28H30Cl3N3O4S. The smallest absolute Gasteiger partial charge is 0.264 e. The number of amides is 2. The molecule has 3 rings (SSSR count). The highest BCUT2D eigenvalue weighted by Crippen LogP contribution is 2.27. The van der Waals surface area contributed by atoms with Gasteiger partial charge in [-0.25, -0.2) is 8.42 Å². The summed E-state index contributed by atoms with van der Waals surface area (Å²) in [7, 11) is -4.14. The number of anilines is 1. The Kier molecular flexibility index (Phi) is 11.1.